The fraction of sp³-hybridized carbons (Fsp3) is 0.364. The van der Waals surface area contributed by atoms with E-state index in [1.807, 2.05) is 6.92 Å². The first-order chi connectivity index (χ1) is 7.60. The number of hydrogen-bond donors (Lipinski definition) is 1. The third-order valence-corrected chi connectivity index (χ3v) is 3.24. The number of nitrogens with one attached hydrogen (secondary N) is 1. The molecule has 0 aromatic heterocycles. The Labute approximate surface area is 107 Å². The lowest BCUT2D eigenvalue weighted by atomic mass is 10.1. The molecule has 0 saturated carbocycles. The number of carbonyl (C=O) groups is 1. The normalized spacial score (nSPS) is 12.2. The van der Waals surface area contributed by atoms with Crippen molar-refractivity contribution in [1.29, 1.82) is 0 Å². The number of carbonyl (C=O) groups excluding carboxylic acids is 1. The van der Waals surface area contributed by atoms with Gasteiger partial charge in [0.05, 0.1) is 5.56 Å². The molecule has 0 radical (unpaired) electrons. The lowest BCUT2D eigenvalue weighted by Gasteiger charge is -2.14. The second-order valence-electron chi connectivity index (χ2n) is 3.33. The Bertz CT molecular complexity index is 362. The van der Waals surface area contributed by atoms with Crippen LogP contribution in [-0.4, -0.2) is 17.8 Å². The predicted molar refractivity (Wildman–Crippen MR) is 66.4 cm³/mol. The largest absolute Gasteiger partial charge is 0.348 e. The smallest absolute Gasteiger partial charge is 0.255 e. The molecule has 1 amide bonds. The number of benzene rings is 1. The van der Waals surface area contributed by atoms with E-state index in [2.05, 4.69) is 21.2 Å². The Morgan fingerprint density at radius 1 is 1.62 bits per heavy atom. The molecule has 2 nitrogen and oxygen atoms in total. The van der Waals surface area contributed by atoms with Crippen LogP contribution in [0.25, 0.3) is 0 Å². The van der Waals surface area contributed by atoms with Crippen LogP contribution in [0.15, 0.2) is 22.7 Å². The van der Waals surface area contributed by atoms with E-state index in [1.165, 1.54) is 12.1 Å². The third kappa shape index (κ3) is 3.19. The summed E-state index contributed by atoms with van der Waals surface area (Å²) in [5, 5.41) is 2.67. The molecule has 0 heterocycles. The molecular formula is C11H12BrClFNO. The van der Waals surface area contributed by atoms with E-state index in [4.69, 9.17) is 11.6 Å². The molecule has 88 valence electrons. The van der Waals surface area contributed by atoms with E-state index in [0.29, 0.717) is 16.8 Å². The highest BCUT2D eigenvalue weighted by atomic mass is 79.9. The van der Waals surface area contributed by atoms with Gasteiger partial charge >= 0.3 is 0 Å². The van der Waals surface area contributed by atoms with Crippen molar-refractivity contribution in [3.8, 4) is 0 Å². The van der Waals surface area contributed by atoms with Gasteiger partial charge in [0.15, 0.2) is 0 Å². The van der Waals surface area contributed by atoms with Crippen LogP contribution in [0, 0.1) is 5.82 Å². The van der Waals surface area contributed by atoms with Gasteiger partial charge in [-0.3, -0.25) is 4.79 Å². The van der Waals surface area contributed by atoms with Crippen LogP contribution in [-0.2, 0) is 0 Å². The highest BCUT2D eigenvalue weighted by Gasteiger charge is 2.17. The summed E-state index contributed by atoms with van der Waals surface area (Å²) in [6, 6.07) is 4.27. The van der Waals surface area contributed by atoms with E-state index in [9.17, 15) is 9.18 Å². The molecule has 0 spiro atoms. The first-order valence-corrected chi connectivity index (χ1v) is 6.23. The lowest BCUT2D eigenvalue weighted by Crippen LogP contribution is -2.36. The van der Waals surface area contributed by atoms with Crippen LogP contribution >= 0.6 is 27.5 Å². The zero-order valence-electron chi connectivity index (χ0n) is 8.77. The molecule has 5 heteroatoms. The highest BCUT2D eigenvalue weighted by Crippen LogP contribution is 2.19. The van der Waals surface area contributed by atoms with Gasteiger partial charge < -0.3 is 5.32 Å². The number of rotatable bonds is 4. The summed E-state index contributed by atoms with van der Waals surface area (Å²) in [5.41, 5.74) is 0.0195. The Balaban J connectivity index is 2.88. The SMILES string of the molecule is CCC(CCl)NC(=O)c1c(F)cccc1Br. The average molecular weight is 309 g/mol. The molecule has 0 aliphatic carbocycles. The van der Waals surface area contributed by atoms with E-state index in [-0.39, 0.29) is 11.6 Å². The van der Waals surface area contributed by atoms with Crippen molar-refractivity contribution in [2.75, 3.05) is 5.88 Å². The monoisotopic (exact) mass is 307 g/mol. The summed E-state index contributed by atoms with van der Waals surface area (Å²) in [6.45, 7) is 1.91. The van der Waals surface area contributed by atoms with Crippen LogP contribution in [0.4, 0.5) is 4.39 Å². The zero-order chi connectivity index (χ0) is 12.1. The number of halogens is 3. The summed E-state index contributed by atoms with van der Waals surface area (Å²) in [7, 11) is 0. The van der Waals surface area contributed by atoms with Crippen LogP contribution in [0.2, 0.25) is 0 Å². The van der Waals surface area contributed by atoms with Gasteiger partial charge in [-0.05, 0) is 34.5 Å². The van der Waals surface area contributed by atoms with Gasteiger partial charge in [0.1, 0.15) is 5.82 Å². The Morgan fingerprint density at radius 2 is 2.31 bits per heavy atom. The highest BCUT2D eigenvalue weighted by molar-refractivity contribution is 9.10. The second-order valence-corrected chi connectivity index (χ2v) is 4.49. The molecule has 0 saturated heterocycles. The number of hydrogen-bond acceptors (Lipinski definition) is 1. The summed E-state index contributed by atoms with van der Waals surface area (Å²) in [5.74, 6) is -0.678. The van der Waals surface area contributed by atoms with Crippen molar-refractivity contribution in [2.45, 2.75) is 19.4 Å². The van der Waals surface area contributed by atoms with Crippen LogP contribution in [0.3, 0.4) is 0 Å². The molecule has 1 atom stereocenters. The molecule has 16 heavy (non-hydrogen) atoms. The summed E-state index contributed by atoms with van der Waals surface area (Å²) < 4.78 is 13.9. The van der Waals surface area contributed by atoms with Crippen molar-refractivity contribution in [2.24, 2.45) is 0 Å². The van der Waals surface area contributed by atoms with Gasteiger partial charge in [-0.1, -0.05) is 13.0 Å². The molecule has 1 N–H and O–H groups in total. The fourth-order valence-electron chi connectivity index (χ4n) is 1.22. The molecule has 1 unspecified atom stereocenters. The van der Waals surface area contributed by atoms with E-state index < -0.39 is 11.7 Å². The van der Waals surface area contributed by atoms with Gasteiger partial charge in [0, 0.05) is 16.4 Å². The molecule has 0 fully saturated rings. The maximum atomic E-state index is 13.4. The minimum atomic E-state index is -0.545. The minimum Gasteiger partial charge on any atom is -0.348 e. The standard InChI is InChI=1S/C11H12BrClFNO/c1-2-7(6-13)15-11(16)10-8(12)4-3-5-9(10)14/h3-5,7H,2,6H2,1H3,(H,15,16). The van der Waals surface area contributed by atoms with E-state index in [1.54, 1.807) is 6.07 Å². The quantitative estimate of drug-likeness (QED) is 0.849. The first-order valence-electron chi connectivity index (χ1n) is 4.91. The summed E-state index contributed by atoms with van der Waals surface area (Å²) in [4.78, 5) is 11.8. The van der Waals surface area contributed by atoms with Crippen molar-refractivity contribution in [1.82, 2.24) is 5.32 Å². The van der Waals surface area contributed by atoms with Gasteiger partial charge in [-0.25, -0.2) is 4.39 Å². The molecular weight excluding hydrogens is 296 g/mol. The van der Waals surface area contributed by atoms with Crippen LogP contribution < -0.4 is 5.32 Å². The molecule has 1 rings (SSSR count). The van der Waals surface area contributed by atoms with Crippen LogP contribution in [0.1, 0.15) is 23.7 Å². The van der Waals surface area contributed by atoms with E-state index in [0.717, 1.165) is 0 Å². The maximum Gasteiger partial charge on any atom is 0.255 e. The summed E-state index contributed by atoms with van der Waals surface area (Å²) >= 11 is 8.81. The van der Waals surface area contributed by atoms with Crippen molar-refractivity contribution in [3.63, 3.8) is 0 Å². The number of alkyl halides is 1. The van der Waals surface area contributed by atoms with Gasteiger partial charge in [-0.2, -0.15) is 0 Å². The molecule has 1 aromatic rings. The Hall–Kier alpha value is -0.610. The molecule has 0 aliphatic rings. The average Bonchev–Trinajstić information content (AvgIpc) is 2.25. The van der Waals surface area contributed by atoms with Crippen molar-refractivity contribution in [3.05, 3.63) is 34.1 Å². The minimum absolute atomic E-state index is 0.0195. The van der Waals surface area contributed by atoms with Gasteiger partial charge in [0.2, 0.25) is 0 Å². The fourth-order valence-corrected chi connectivity index (χ4v) is 2.04. The predicted octanol–water partition coefficient (Wildman–Crippen LogP) is 3.34. The molecule has 0 bridgehead atoms. The first kappa shape index (κ1) is 13.5. The van der Waals surface area contributed by atoms with Crippen molar-refractivity contribution < 1.29 is 9.18 Å². The second kappa shape index (κ2) is 6.21. The van der Waals surface area contributed by atoms with Gasteiger partial charge in [0.25, 0.3) is 5.91 Å². The Kier molecular flexibility index (Phi) is 5.22. The summed E-state index contributed by atoms with van der Waals surface area (Å²) in [6.07, 6.45) is 0.710. The topological polar surface area (TPSA) is 29.1 Å². The van der Waals surface area contributed by atoms with Crippen molar-refractivity contribution >= 4 is 33.4 Å². The molecule has 0 aliphatic heterocycles. The van der Waals surface area contributed by atoms with Gasteiger partial charge in [-0.15, -0.1) is 11.6 Å². The van der Waals surface area contributed by atoms with E-state index >= 15 is 0 Å². The van der Waals surface area contributed by atoms with Crippen LogP contribution in [0.5, 0.6) is 0 Å². The zero-order valence-corrected chi connectivity index (χ0v) is 11.1. The lowest BCUT2D eigenvalue weighted by molar-refractivity contribution is 0.0935. The maximum absolute atomic E-state index is 13.4. The molecule has 1 aromatic carbocycles. The number of amides is 1. The Morgan fingerprint density at radius 3 is 2.81 bits per heavy atom. The third-order valence-electron chi connectivity index (χ3n) is 2.20.